The third-order valence-electron chi connectivity index (χ3n) is 4.19. The molecule has 0 aliphatic heterocycles. The molecule has 4 heteroatoms. The Morgan fingerprint density at radius 1 is 1.00 bits per heavy atom. The van der Waals surface area contributed by atoms with Crippen molar-refractivity contribution in [2.75, 3.05) is 7.11 Å². The van der Waals surface area contributed by atoms with Crippen LogP contribution in [0.5, 0.6) is 11.5 Å². The van der Waals surface area contributed by atoms with Gasteiger partial charge < -0.3 is 14.8 Å². The minimum Gasteiger partial charge on any atom is -0.493 e. The van der Waals surface area contributed by atoms with E-state index < -0.39 is 0 Å². The third kappa shape index (κ3) is 5.43. The lowest BCUT2D eigenvalue weighted by molar-refractivity contribution is 0.284. The van der Waals surface area contributed by atoms with Crippen LogP contribution in [0.1, 0.15) is 38.3 Å². The molecular weight excluding hydrogens is 322 g/mol. The average molecular weight is 348 g/mol. The van der Waals surface area contributed by atoms with Crippen LogP contribution >= 0.6 is 11.6 Å². The van der Waals surface area contributed by atoms with E-state index in [1.54, 1.807) is 7.11 Å². The van der Waals surface area contributed by atoms with E-state index in [1.165, 1.54) is 5.56 Å². The predicted molar refractivity (Wildman–Crippen MR) is 100.0 cm³/mol. The molecule has 2 aromatic carbocycles. The second-order valence-electron chi connectivity index (χ2n) is 6.49. The highest BCUT2D eigenvalue weighted by Crippen LogP contribution is 2.29. The highest BCUT2D eigenvalue weighted by Gasteiger charge is 2.14. The number of methoxy groups -OCH3 is 1. The Kier molecular flexibility index (Phi) is 6.52. The monoisotopic (exact) mass is 347 g/mol. The number of halogens is 1. The number of rotatable bonds is 8. The van der Waals surface area contributed by atoms with Gasteiger partial charge in [0, 0.05) is 17.1 Å². The maximum Gasteiger partial charge on any atom is 0.161 e. The molecule has 0 unspecified atom stereocenters. The summed E-state index contributed by atoms with van der Waals surface area (Å²) in [6.07, 6.45) is 1.08. The molecule has 0 saturated heterocycles. The molecule has 0 saturated carbocycles. The summed E-state index contributed by atoms with van der Waals surface area (Å²) in [6, 6.07) is 13.7. The van der Waals surface area contributed by atoms with Crippen molar-refractivity contribution in [1.82, 2.24) is 5.32 Å². The SMILES string of the molecule is CCC(C)(C)NCc1ccc(OCc2ccc(Cl)cc2)c(OC)c1. The van der Waals surface area contributed by atoms with Gasteiger partial charge in [-0.25, -0.2) is 0 Å². The van der Waals surface area contributed by atoms with Crippen molar-refractivity contribution >= 4 is 11.6 Å². The van der Waals surface area contributed by atoms with Gasteiger partial charge in [0.1, 0.15) is 6.61 Å². The van der Waals surface area contributed by atoms with Gasteiger partial charge in [-0.2, -0.15) is 0 Å². The maximum absolute atomic E-state index is 5.90. The second-order valence-corrected chi connectivity index (χ2v) is 6.93. The van der Waals surface area contributed by atoms with Crippen molar-refractivity contribution in [2.24, 2.45) is 0 Å². The molecule has 0 bridgehead atoms. The third-order valence-corrected chi connectivity index (χ3v) is 4.44. The molecule has 0 heterocycles. The Bertz CT molecular complexity index is 653. The molecule has 24 heavy (non-hydrogen) atoms. The molecule has 0 radical (unpaired) electrons. The zero-order chi connectivity index (χ0) is 17.6. The van der Waals surface area contributed by atoms with Gasteiger partial charge in [0.15, 0.2) is 11.5 Å². The first-order chi connectivity index (χ1) is 11.4. The number of ether oxygens (including phenoxy) is 2. The summed E-state index contributed by atoms with van der Waals surface area (Å²) in [5.41, 5.74) is 2.36. The Morgan fingerprint density at radius 2 is 1.67 bits per heavy atom. The van der Waals surface area contributed by atoms with Gasteiger partial charge >= 0.3 is 0 Å². The van der Waals surface area contributed by atoms with E-state index in [1.807, 2.05) is 36.4 Å². The summed E-state index contributed by atoms with van der Waals surface area (Å²) >= 11 is 5.90. The van der Waals surface area contributed by atoms with Crippen molar-refractivity contribution < 1.29 is 9.47 Å². The fourth-order valence-electron chi connectivity index (χ4n) is 2.15. The fourth-order valence-corrected chi connectivity index (χ4v) is 2.28. The van der Waals surface area contributed by atoms with Crippen LogP contribution in [0.3, 0.4) is 0 Å². The molecule has 0 fully saturated rings. The van der Waals surface area contributed by atoms with Crippen molar-refractivity contribution in [2.45, 2.75) is 45.9 Å². The lowest BCUT2D eigenvalue weighted by atomic mass is 10.0. The normalized spacial score (nSPS) is 11.4. The number of nitrogens with one attached hydrogen (secondary N) is 1. The van der Waals surface area contributed by atoms with Crippen LogP contribution < -0.4 is 14.8 Å². The van der Waals surface area contributed by atoms with Crippen molar-refractivity contribution in [3.05, 3.63) is 58.6 Å². The molecule has 130 valence electrons. The summed E-state index contributed by atoms with van der Waals surface area (Å²) in [5, 5.41) is 4.28. The quantitative estimate of drug-likeness (QED) is 0.711. The molecule has 0 amide bonds. The van der Waals surface area contributed by atoms with Gasteiger partial charge in [-0.15, -0.1) is 0 Å². The van der Waals surface area contributed by atoms with Crippen LogP contribution in [0.4, 0.5) is 0 Å². The summed E-state index contributed by atoms with van der Waals surface area (Å²) in [5.74, 6) is 1.49. The molecule has 0 aliphatic carbocycles. The Hall–Kier alpha value is -1.71. The molecule has 0 aliphatic rings. The van der Waals surface area contributed by atoms with Crippen molar-refractivity contribution in [3.8, 4) is 11.5 Å². The molecule has 3 nitrogen and oxygen atoms in total. The number of benzene rings is 2. The molecule has 2 aromatic rings. The maximum atomic E-state index is 5.90. The van der Waals surface area contributed by atoms with Gasteiger partial charge in [0.25, 0.3) is 0 Å². The van der Waals surface area contributed by atoms with Crippen LogP contribution in [0.25, 0.3) is 0 Å². The van der Waals surface area contributed by atoms with E-state index >= 15 is 0 Å². The van der Waals surface area contributed by atoms with E-state index in [2.05, 4.69) is 32.2 Å². The van der Waals surface area contributed by atoms with Gasteiger partial charge in [0.05, 0.1) is 7.11 Å². The minimum absolute atomic E-state index is 0.122. The Balaban J connectivity index is 2.01. The second kappa shape index (κ2) is 8.41. The topological polar surface area (TPSA) is 30.5 Å². The standard InChI is InChI=1S/C20H26ClNO2/c1-5-20(2,3)22-13-16-8-11-18(19(12-16)23-4)24-14-15-6-9-17(21)10-7-15/h6-12,22H,5,13-14H2,1-4H3. The first kappa shape index (κ1) is 18.6. The van der Waals surface area contributed by atoms with E-state index in [0.29, 0.717) is 6.61 Å². The largest absolute Gasteiger partial charge is 0.493 e. The predicted octanol–water partition coefficient (Wildman–Crippen LogP) is 5.21. The van der Waals surface area contributed by atoms with Crippen LogP contribution in [-0.4, -0.2) is 12.6 Å². The zero-order valence-electron chi connectivity index (χ0n) is 14.9. The molecule has 2 rings (SSSR count). The first-order valence-corrected chi connectivity index (χ1v) is 8.60. The molecule has 0 spiro atoms. The molecule has 0 aromatic heterocycles. The first-order valence-electron chi connectivity index (χ1n) is 8.22. The van der Waals surface area contributed by atoms with Crippen molar-refractivity contribution in [1.29, 1.82) is 0 Å². The van der Waals surface area contributed by atoms with Crippen LogP contribution in [0, 0.1) is 0 Å². The molecule has 1 N–H and O–H groups in total. The summed E-state index contributed by atoms with van der Waals surface area (Å²) in [7, 11) is 1.66. The average Bonchev–Trinajstić information content (AvgIpc) is 2.60. The molecular formula is C20H26ClNO2. The zero-order valence-corrected chi connectivity index (χ0v) is 15.6. The molecule has 0 atom stereocenters. The lowest BCUT2D eigenvalue weighted by Gasteiger charge is -2.24. The lowest BCUT2D eigenvalue weighted by Crippen LogP contribution is -2.37. The van der Waals surface area contributed by atoms with Gasteiger partial charge in [-0.1, -0.05) is 36.7 Å². The smallest absolute Gasteiger partial charge is 0.161 e. The summed E-state index contributed by atoms with van der Waals surface area (Å²) < 4.78 is 11.4. The Labute approximate surface area is 149 Å². The fraction of sp³-hybridized carbons (Fsp3) is 0.400. The van der Waals surface area contributed by atoms with Gasteiger partial charge in [0.2, 0.25) is 0 Å². The number of hydrogen-bond acceptors (Lipinski definition) is 3. The van der Waals surface area contributed by atoms with Crippen molar-refractivity contribution in [3.63, 3.8) is 0 Å². The highest BCUT2D eigenvalue weighted by molar-refractivity contribution is 6.30. The van der Waals surface area contributed by atoms with Crippen LogP contribution in [0.2, 0.25) is 5.02 Å². The Morgan fingerprint density at radius 3 is 2.29 bits per heavy atom. The van der Waals surface area contributed by atoms with E-state index in [0.717, 1.165) is 35.1 Å². The van der Waals surface area contributed by atoms with Gasteiger partial charge in [-0.05, 0) is 55.7 Å². The minimum atomic E-state index is 0.122. The van der Waals surface area contributed by atoms with E-state index in [4.69, 9.17) is 21.1 Å². The summed E-state index contributed by atoms with van der Waals surface area (Å²) in [6.45, 7) is 7.87. The van der Waals surface area contributed by atoms with Crippen LogP contribution in [-0.2, 0) is 13.2 Å². The van der Waals surface area contributed by atoms with Gasteiger partial charge in [-0.3, -0.25) is 0 Å². The van der Waals surface area contributed by atoms with E-state index in [9.17, 15) is 0 Å². The summed E-state index contributed by atoms with van der Waals surface area (Å²) in [4.78, 5) is 0. The highest BCUT2D eigenvalue weighted by atomic mass is 35.5. The number of hydrogen-bond donors (Lipinski definition) is 1. The van der Waals surface area contributed by atoms with E-state index in [-0.39, 0.29) is 5.54 Å². The van der Waals surface area contributed by atoms with Crippen LogP contribution in [0.15, 0.2) is 42.5 Å².